The summed E-state index contributed by atoms with van der Waals surface area (Å²) in [5, 5.41) is 10.5. The van der Waals surface area contributed by atoms with Gasteiger partial charge in [0.2, 0.25) is 5.78 Å². The van der Waals surface area contributed by atoms with Gasteiger partial charge >= 0.3 is 5.97 Å². The molecule has 2 heterocycles. The third kappa shape index (κ3) is 4.49. The molecule has 0 bridgehead atoms. The normalized spacial score (nSPS) is 24.2. The Labute approximate surface area is 187 Å². The molecule has 2 aliphatic heterocycles. The van der Waals surface area contributed by atoms with E-state index in [1.54, 1.807) is 37.3 Å². The fraction of sp³-hybridized carbons (Fsp3) is 0.269. The second-order valence-electron chi connectivity index (χ2n) is 7.99. The minimum Gasteiger partial charge on any atom is -0.507 e. The van der Waals surface area contributed by atoms with Gasteiger partial charge in [0, 0.05) is 11.6 Å². The number of allylic oxidation sites excluding steroid dienone is 10. The number of fused-ring (bicyclic) bond motifs is 2. The molecule has 0 spiro atoms. The number of ketones is 2. The quantitative estimate of drug-likeness (QED) is 0.271. The zero-order valence-corrected chi connectivity index (χ0v) is 18.5. The van der Waals surface area contributed by atoms with Crippen LogP contribution in [0.4, 0.5) is 0 Å². The molecule has 0 saturated heterocycles. The van der Waals surface area contributed by atoms with E-state index in [-0.39, 0.29) is 16.7 Å². The minimum atomic E-state index is -1.59. The molecule has 0 aromatic rings. The number of aliphatic hydroxyl groups is 1. The van der Waals surface area contributed by atoms with Gasteiger partial charge in [-0.05, 0) is 43.6 Å². The molecule has 0 fully saturated rings. The molecule has 0 saturated carbocycles. The maximum Gasteiger partial charge on any atom is 0.343 e. The number of hydrogen-bond donors (Lipinski definition) is 1. The lowest BCUT2D eigenvalue weighted by Crippen LogP contribution is -2.41. The van der Waals surface area contributed by atoms with Crippen LogP contribution in [0, 0.1) is 5.92 Å². The Balaban J connectivity index is 1.87. The first kappa shape index (κ1) is 23.0. The van der Waals surface area contributed by atoms with Gasteiger partial charge in [0.05, 0.1) is 5.57 Å². The molecule has 1 aliphatic carbocycles. The second-order valence-corrected chi connectivity index (χ2v) is 7.99. The van der Waals surface area contributed by atoms with Gasteiger partial charge in [-0.25, -0.2) is 4.79 Å². The number of rotatable bonds is 7. The van der Waals surface area contributed by atoms with Crippen LogP contribution in [-0.4, -0.2) is 28.2 Å². The molecule has 1 N–H and O–H groups in total. The van der Waals surface area contributed by atoms with Gasteiger partial charge in [-0.15, -0.1) is 0 Å². The topological polar surface area (TPSA) is 89.9 Å². The van der Waals surface area contributed by atoms with E-state index >= 15 is 0 Å². The number of Topliss-reactive ketones (excluding diaryl/α,β-unsaturated/α-hetero) is 1. The van der Waals surface area contributed by atoms with Crippen molar-refractivity contribution in [1.82, 2.24) is 0 Å². The molecule has 1 unspecified atom stereocenters. The van der Waals surface area contributed by atoms with Gasteiger partial charge in [0.15, 0.2) is 11.4 Å². The Hall–Kier alpha value is -3.67. The summed E-state index contributed by atoms with van der Waals surface area (Å²) in [6.07, 6.45) is 16.9. The summed E-state index contributed by atoms with van der Waals surface area (Å²) in [5.41, 5.74) is -0.732. The lowest BCUT2D eigenvalue weighted by molar-refractivity contribution is -0.152. The van der Waals surface area contributed by atoms with Crippen LogP contribution in [0.25, 0.3) is 0 Å². The molecule has 2 atom stereocenters. The van der Waals surface area contributed by atoms with Crippen molar-refractivity contribution in [1.29, 1.82) is 0 Å². The average molecular weight is 434 g/mol. The second kappa shape index (κ2) is 9.22. The number of aliphatic hydroxyl groups excluding tert-OH is 1. The van der Waals surface area contributed by atoms with Crippen molar-refractivity contribution in [2.45, 2.75) is 39.7 Å². The van der Waals surface area contributed by atoms with Gasteiger partial charge in [-0.2, -0.15) is 0 Å². The minimum absolute atomic E-state index is 0.196. The summed E-state index contributed by atoms with van der Waals surface area (Å²) in [4.78, 5) is 37.7. The molecular weight excluding hydrogens is 408 g/mol. The number of carbonyl (C=O) groups excluding carboxylic acids is 3. The Bertz CT molecular complexity index is 1100. The van der Waals surface area contributed by atoms with E-state index in [0.717, 1.165) is 12.5 Å². The van der Waals surface area contributed by atoms with Crippen molar-refractivity contribution in [2.75, 3.05) is 0 Å². The largest absolute Gasteiger partial charge is 0.507 e. The van der Waals surface area contributed by atoms with Crippen LogP contribution >= 0.6 is 0 Å². The zero-order chi connectivity index (χ0) is 23.5. The Kier molecular flexibility index (Phi) is 6.63. The third-order valence-electron chi connectivity index (χ3n) is 5.51. The molecule has 0 radical (unpaired) electrons. The van der Waals surface area contributed by atoms with Gasteiger partial charge < -0.3 is 14.6 Å². The van der Waals surface area contributed by atoms with Crippen LogP contribution in [-0.2, 0) is 23.9 Å². The van der Waals surface area contributed by atoms with Crippen molar-refractivity contribution in [3.05, 3.63) is 94.8 Å². The number of hydrogen-bond acceptors (Lipinski definition) is 6. The average Bonchev–Trinajstić information content (AvgIpc) is 3.00. The standard InChI is InChI=1S/C26H26O6/c1-5-16(2)10-8-6-7-9-11-19(27)14-22(28)23-21-13-18-12-17(3)31-15-20(18)24(29)26(21,4)32-25(23)30/h6-16,28H,5H2,1-4H3/b7-6+,10-8+,11-9+,22-14-/t16?,26-/m1/s1. The highest BCUT2D eigenvalue weighted by molar-refractivity contribution is 6.16. The van der Waals surface area contributed by atoms with E-state index in [0.29, 0.717) is 17.3 Å². The van der Waals surface area contributed by atoms with Crippen molar-refractivity contribution >= 4 is 17.5 Å². The fourth-order valence-corrected chi connectivity index (χ4v) is 3.45. The van der Waals surface area contributed by atoms with Gasteiger partial charge in [-0.1, -0.05) is 50.6 Å². The van der Waals surface area contributed by atoms with Crippen LogP contribution in [0.5, 0.6) is 0 Å². The number of esters is 1. The summed E-state index contributed by atoms with van der Waals surface area (Å²) in [6.45, 7) is 7.40. The van der Waals surface area contributed by atoms with Crippen LogP contribution in [0.15, 0.2) is 94.8 Å². The van der Waals surface area contributed by atoms with Crippen molar-refractivity contribution < 1.29 is 29.0 Å². The van der Waals surface area contributed by atoms with Crippen LogP contribution in [0.2, 0.25) is 0 Å². The maximum atomic E-state index is 13.0. The molecular formula is C26H26O6. The zero-order valence-electron chi connectivity index (χ0n) is 18.5. The first-order valence-corrected chi connectivity index (χ1v) is 10.4. The summed E-state index contributed by atoms with van der Waals surface area (Å²) < 4.78 is 10.6. The molecule has 6 heteroatoms. The monoisotopic (exact) mass is 434 g/mol. The van der Waals surface area contributed by atoms with Crippen LogP contribution in [0.3, 0.4) is 0 Å². The highest BCUT2D eigenvalue weighted by Crippen LogP contribution is 2.44. The highest BCUT2D eigenvalue weighted by Gasteiger charge is 2.53. The van der Waals surface area contributed by atoms with E-state index in [2.05, 4.69) is 19.9 Å². The SMILES string of the molecule is CCC(C)/C=C/C=C/C=C/C(=O)/C=C(\O)C1=C2C=C3C=C(C)OC=C3C(=O)[C@]2(C)OC1=O. The Morgan fingerprint density at radius 3 is 2.62 bits per heavy atom. The predicted octanol–water partition coefficient (Wildman–Crippen LogP) is 4.65. The summed E-state index contributed by atoms with van der Waals surface area (Å²) in [6, 6.07) is 0. The van der Waals surface area contributed by atoms with Crippen LogP contribution < -0.4 is 0 Å². The lowest BCUT2D eigenvalue weighted by atomic mass is 9.77. The first-order chi connectivity index (χ1) is 15.2. The number of carbonyl (C=O) groups is 3. The molecule has 3 rings (SSSR count). The van der Waals surface area contributed by atoms with Crippen LogP contribution in [0.1, 0.15) is 34.1 Å². The Morgan fingerprint density at radius 2 is 1.91 bits per heavy atom. The molecule has 6 nitrogen and oxygen atoms in total. The molecule has 3 aliphatic rings. The van der Waals surface area contributed by atoms with Gasteiger partial charge in [0.1, 0.15) is 23.4 Å². The molecule has 0 aromatic heterocycles. The molecule has 166 valence electrons. The van der Waals surface area contributed by atoms with E-state index in [9.17, 15) is 19.5 Å². The highest BCUT2D eigenvalue weighted by atomic mass is 16.6. The third-order valence-corrected chi connectivity index (χ3v) is 5.51. The smallest absolute Gasteiger partial charge is 0.343 e. The van der Waals surface area contributed by atoms with E-state index < -0.39 is 28.9 Å². The van der Waals surface area contributed by atoms with Crippen molar-refractivity contribution in [3.8, 4) is 0 Å². The van der Waals surface area contributed by atoms with E-state index in [4.69, 9.17) is 9.47 Å². The van der Waals surface area contributed by atoms with E-state index in [1.165, 1.54) is 19.3 Å². The predicted molar refractivity (Wildman–Crippen MR) is 120 cm³/mol. The Morgan fingerprint density at radius 1 is 1.19 bits per heavy atom. The maximum absolute atomic E-state index is 13.0. The van der Waals surface area contributed by atoms with Crippen molar-refractivity contribution in [2.24, 2.45) is 5.92 Å². The fourth-order valence-electron chi connectivity index (χ4n) is 3.45. The molecule has 0 aromatic carbocycles. The first-order valence-electron chi connectivity index (χ1n) is 10.4. The van der Waals surface area contributed by atoms with E-state index in [1.807, 2.05) is 6.08 Å². The molecule has 32 heavy (non-hydrogen) atoms. The van der Waals surface area contributed by atoms with Gasteiger partial charge in [-0.3, -0.25) is 9.59 Å². The lowest BCUT2D eigenvalue weighted by Gasteiger charge is -2.30. The van der Waals surface area contributed by atoms with Crippen molar-refractivity contribution in [3.63, 3.8) is 0 Å². The summed E-state index contributed by atoms with van der Waals surface area (Å²) >= 11 is 0. The van der Waals surface area contributed by atoms with Gasteiger partial charge in [0.25, 0.3) is 0 Å². The number of ether oxygens (including phenoxy) is 2. The molecule has 0 amide bonds. The summed E-state index contributed by atoms with van der Waals surface area (Å²) in [7, 11) is 0. The summed E-state index contributed by atoms with van der Waals surface area (Å²) in [5.74, 6) is -1.32.